The van der Waals surface area contributed by atoms with Crippen molar-refractivity contribution in [2.75, 3.05) is 24.2 Å². The van der Waals surface area contributed by atoms with Gasteiger partial charge in [0.2, 0.25) is 0 Å². The lowest BCUT2D eigenvalue weighted by molar-refractivity contribution is 1.00. The summed E-state index contributed by atoms with van der Waals surface area (Å²) in [5.41, 5.74) is 4.48. The molecule has 0 bridgehead atoms. The topological polar surface area (TPSA) is 49.8 Å². The van der Waals surface area contributed by atoms with Gasteiger partial charge in [-0.2, -0.15) is 0 Å². The van der Waals surface area contributed by atoms with Crippen LogP contribution in [0.25, 0.3) is 11.1 Å². The summed E-state index contributed by atoms with van der Waals surface area (Å²) in [5.74, 6) is 0.863. The number of anilines is 2. The summed E-state index contributed by atoms with van der Waals surface area (Å²) < 4.78 is 0. The van der Waals surface area contributed by atoms with Crippen LogP contribution in [0.4, 0.5) is 11.5 Å². The molecule has 3 rings (SSSR count). The molecule has 1 aliphatic rings. The van der Waals surface area contributed by atoms with Gasteiger partial charge in [-0.25, -0.2) is 4.98 Å². The minimum atomic E-state index is 0.832. The van der Waals surface area contributed by atoms with Crippen molar-refractivity contribution in [3.8, 4) is 11.1 Å². The minimum Gasteiger partial charge on any atom is -0.380 e. The lowest BCUT2D eigenvalue weighted by Gasteiger charge is -2.11. The molecule has 2 aromatic heterocycles. The van der Waals surface area contributed by atoms with Gasteiger partial charge in [-0.1, -0.05) is 18.2 Å². The number of pyridine rings is 2. The lowest BCUT2D eigenvalue weighted by atomic mass is 10.1. The Kier molecular flexibility index (Phi) is 4.49. The molecule has 0 fully saturated rings. The second-order valence-electron chi connectivity index (χ2n) is 5.26. The number of nitrogens with one attached hydrogen (secondary N) is 2. The van der Waals surface area contributed by atoms with Gasteiger partial charge in [-0.15, -0.1) is 0 Å². The molecule has 0 atom stereocenters. The summed E-state index contributed by atoms with van der Waals surface area (Å²) in [6, 6.07) is 6.12. The normalized spacial score (nSPS) is 13.6. The average Bonchev–Trinajstić information content (AvgIpc) is 2.61. The summed E-state index contributed by atoms with van der Waals surface area (Å²) in [7, 11) is 1.86. The van der Waals surface area contributed by atoms with Crippen LogP contribution in [0.2, 0.25) is 0 Å². The van der Waals surface area contributed by atoms with Gasteiger partial charge in [0.05, 0.1) is 5.69 Å². The van der Waals surface area contributed by atoms with Crippen molar-refractivity contribution in [1.82, 2.24) is 9.97 Å². The van der Waals surface area contributed by atoms with E-state index in [0.29, 0.717) is 0 Å². The van der Waals surface area contributed by atoms with E-state index in [1.807, 2.05) is 37.8 Å². The molecule has 4 nitrogen and oxygen atoms in total. The maximum Gasteiger partial charge on any atom is 0.125 e. The molecule has 0 saturated carbocycles. The van der Waals surface area contributed by atoms with Crippen molar-refractivity contribution >= 4 is 11.5 Å². The molecular weight excluding hydrogens is 272 g/mol. The van der Waals surface area contributed by atoms with E-state index in [1.54, 1.807) is 0 Å². The molecule has 0 radical (unpaired) electrons. The Labute approximate surface area is 131 Å². The van der Waals surface area contributed by atoms with E-state index in [1.165, 1.54) is 5.57 Å². The van der Waals surface area contributed by atoms with Crippen LogP contribution in [0.15, 0.2) is 60.6 Å². The first-order valence-corrected chi connectivity index (χ1v) is 7.54. The molecule has 0 spiro atoms. The van der Waals surface area contributed by atoms with Gasteiger partial charge in [-0.3, -0.25) is 4.98 Å². The third-order valence-corrected chi connectivity index (χ3v) is 3.66. The van der Waals surface area contributed by atoms with Gasteiger partial charge in [0.15, 0.2) is 0 Å². The Morgan fingerprint density at radius 1 is 1.09 bits per heavy atom. The number of allylic oxidation sites excluding steroid dienone is 2. The van der Waals surface area contributed by atoms with Gasteiger partial charge in [0.25, 0.3) is 0 Å². The van der Waals surface area contributed by atoms with E-state index < -0.39 is 0 Å². The zero-order valence-corrected chi connectivity index (χ0v) is 12.7. The van der Waals surface area contributed by atoms with Crippen LogP contribution in [0.3, 0.4) is 0 Å². The van der Waals surface area contributed by atoms with Crippen molar-refractivity contribution in [3.05, 3.63) is 60.6 Å². The molecule has 0 unspecified atom stereocenters. The Morgan fingerprint density at radius 3 is 2.77 bits per heavy atom. The molecule has 0 saturated heterocycles. The van der Waals surface area contributed by atoms with Crippen molar-refractivity contribution < 1.29 is 0 Å². The molecule has 2 N–H and O–H groups in total. The van der Waals surface area contributed by atoms with Gasteiger partial charge in [-0.05, 0) is 36.6 Å². The first-order valence-electron chi connectivity index (χ1n) is 7.54. The van der Waals surface area contributed by atoms with Crippen LogP contribution >= 0.6 is 0 Å². The molecule has 0 aliphatic heterocycles. The van der Waals surface area contributed by atoms with Gasteiger partial charge >= 0.3 is 0 Å². The summed E-state index contributed by atoms with van der Waals surface area (Å²) >= 11 is 0. The smallest absolute Gasteiger partial charge is 0.125 e. The molecular formula is C18H20N4. The Balaban J connectivity index is 1.71. The van der Waals surface area contributed by atoms with Gasteiger partial charge in [0.1, 0.15) is 5.82 Å². The van der Waals surface area contributed by atoms with E-state index in [0.717, 1.165) is 42.0 Å². The van der Waals surface area contributed by atoms with Gasteiger partial charge < -0.3 is 10.6 Å². The molecule has 22 heavy (non-hydrogen) atoms. The molecule has 112 valence electrons. The second-order valence-corrected chi connectivity index (χ2v) is 5.26. The average molecular weight is 292 g/mol. The Morgan fingerprint density at radius 2 is 2.05 bits per heavy atom. The van der Waals surface area contributed by atoms with E-state index >= 15 is 0 Å². The Hall–Kier alpha value is -2.62. The van der Waals surface area contributed by atoms with Crippen LogP contribution in [0, 0.1) is 0 Å². The molecule has 0 aromatic carbocycles. The number of rotatable bonds is 5. The largest absolute Gasteiger partial charge is 0.380 e. The second kappa shape index (κ2) is 6.89. The maximum atomic E-state index is 4.35. The first-order chi connectivity index (χ1) is 10.8. The molecule has 1 aliphatic carbocycles. The fourth-order valence-corrected chi connectivity index (χ4v) is 2.41. The zero-order chi connectivity index (χ0) is 15.2. The van der Waals surface area contributed by atoms with Crippen molar-refractivity contribution in [2.24, 2.45) is 0 Å². The van der Waals surface area contributed by atoms with Crippen LogP contribution in [-0.2, 0) is 0 Å². The Bertz CT molecular complexity index is 686. The van der Waals surface area contributed by atoms with Crippen molar-refractivity contribution in [1.29, 1.82) is 0 Å². The number of hydrogen-bond acceptors (Lipinski definition) is 4. The molecule has 2 aromatic rings. The summed E-state index contributed by atoms with van der Waals surface area (Å²) in [6.45, 7) is 0.832. The molecule has 0 amide bonds. The predicted octanol–water partition coefficient (Wildman–Crippen LogP) is 3.87. The highest BCUT2D eigenvalue weighted by atomic mass is 14.9. The van der Waals surface area contributed by atoms with Crippen LogP contribution in [-0.4, -0.2) is 23.6 Å². The predicted molar refractivity (Wildman–Crippen MR) is 92.0 cm³/mol. The monoisotopic (exact) mass is 292 g/mol. The molecule has 4 heteroatoms. The van der Waals surface area contributed by atoms with Crippen molar-refractivity contribution in [3.63, 3.8) is 0 Å². The van der Waals surface area contributed by atoms with E-state index in [9.17, 15) is 0 Å². The quantitative estimate of drug-likeness (QED) is 0.878. The fraction of sp³-hybridized carbons (Fsp3) is 0.222. The van der Waals surface area contributed by atoms with Crippen molar-refractivity contribution in [2.45, 2.75) is 12.8 Å². The fourth-order valence-electron chi connectivity index (χ4n) is 2.41. The number of hydrogen-bond donors (Lipinski definition) is 2. The number of nitrogens with zero attached hydrogens (tertiary/aromatic N) is 2. The van der Waals surface area contributed by atoms with E-state index in [-0.39, 0.29) is 0 Å². The van der Waals surface area contributed by atoms with Crippen LogP contribution in [0.5, 0.6) is 0 Å². The van der Waals surface area contributed by atoms with E-state index in [2.05, 4.69) is 44.9 Å². The van der Waals surface area contributed by atoms with Gasteiger partial charge in [0, 0.05) is 43.3 Å². The third kappa shape index (κ3) is 3.52. The maximum absolute atomic E-state index is 4.35. The van der Waals surface area contributed by atoms with E-state index in [4.69, 9.17) is 0 Å². The highest BCUT2D eigenvalue weighted by molar-refractivity contribution is 5.67. The lowest BCUT2D eigenvalue weighted by Crippen LogP contribution is -2.05. The minimum absolute atomic E-state index is 0.832. The summed E-state index contributed by atoms with van der Waals surface area (Å²) in [4.78, 5) is 8.67. The standard InChI is InChI=1S/C18H20N4/c1-19-18-8-7-15(12-22-18)16-9-17(13-20-11-16)21-10-14-5-3-2-4-6-14/h3,5-9,11-13,21H,2,4,10H2,1H3,(H,19,22). The summed E-state index contributed by atoms with van der Waals surface area (Å²) in [6.07, 6.45) is 14.6. The first kappa shape index (κ1) is 14.3. The van der Waals surface area contributed by atoms with Crippen LogP contribution in [0.1, 0.15) is 12.8 Å². The summed E-state index contributed by atoms with van der Waals surface area (Å²) in [5, 5.41) is 6.45. The zero-order valence-electron chi connectivity index (χ0n) is 12.7. The third-order valence-electron chi connectivity index (χ3n) is 3.66. The highest BCUT2D eigenvalue weighted by Crippen LogP contribution is 2.22. The number of aromatic nitrogens is 2. The SMILES string of the molecule is CNc1ccc(-c2cncc(NCC3=CCCC=C3)c2)cn1. The van der Waals surface area contributed by atoms with Crippen LogP contribution < -0.4 is 10.6 Å². The highest BCUT2D eigenvalue weighted by Gasteiger charge is 2.02. The molecule has 2 heterocycles.